The van der Waals surface area contributed by atoms with Gasteiger partial charge in [-0.2, -0.15) is 0 Å². The van der Waals surface area contributed by atoms with Crippen molar-refractivity contribution in [2.75, 3.05) is 28.4 Å². The molecule has 150 valence electrons. The van der Waals surface area contributed by atoms with Crippen LogP contribution in [0.3, 0.4) is 0 Å². The van der Waals surface area contributed by atoms with Crippen molar-refractivity contribution in [3.63, 3.8) is 0 Å². The molecule has 2 N–H and O–H groups in total. The maximum Gasteiger partial charge on any atom is 0.191 e. The molecular weight excluding hydrogens is 445 g/mol. The minimum absolute atomic E-state index is 0. The van der Waals surface area contributed by atoms with Gasteiger partial charge in [-0.25, -0.2) is 0 Å². The van der Waals surface area contributed by atoms with Gasteiger partial charge in [0.1, 0.15) is 17.2 Å². The average molecular weight is 479 g/mol. The van der Waals surface area contributed by atoms with Crippen molar-refractivity contribution in [1.82, 2.24) is 10.6 Å². The minimum atomic E-state index is 0. The Morgan fingerprint density at radius 3 is 2.00 bits per heavy atom. The number of halogens is 1. The molecule has 1 aromatic rings. The SMILES string of the molecule is CN=C(NCc1c(OC)cc(OC)cc1OC)NC(C)CCC(C)C.I. The summed E-state index contributed by atoms with van der Waals surface area (Å²) in [4.78, 5) is 4.30. The first kappa shape index (κ1) is 24.6. The summed E-state index contributed by atoms with van der Waals surface area (Å²) in [5.41, 5.74) is 0.920. The van der Waals surface area contributed by atoms with Gasteiger partial charge in [0.05, 0.1) is 33.4 Å². The lowest BCUT2D eigenvalue weighted by Crippen LogP contribution is -2.42. The van der Waals surface area contributed by atoms with Gasteiger partial charge in [-0.1, -0.05) is 13.8 Å². The summed E-state index contributed by atoms with van der Waals surface area (Å²) in [6.07, 6.45) is 2.29. The van der Waals surface area contributed by atoms with Crippen molar-refractivity contribution < 1.29 is 14.2 Å². The number of ether oxygens (including phenoxy) is 3. The molecule has 6 nitrogen and oxygen atoms in total. The van der Waals surface area contributed by atoms with Gasteiger partial charge in [-0.15, -0.1) is 24.0 Å². The van der Waals surface area contributed by atoms with E-state index in [-0.39, 0.29) is 24.0 Å². The molecule has 0 fully saturated rings. The summed E-state index contributed by atoms with van der Waals surface area (Å²) in [6, 6.07) is 4.05. The molecule has 0 bridgehead atoms. The van der Waals surface area contributed by atoms with Crippen molar-refractivity contribution in [3.05, 3.63) is 17.7 Å². The molecule has 0 saturated carbocycles. The maximum absolute atomic E-state index is 5.48. The van der Waals surface area contributed by atoms with Crippen LogP contribution in [-0.4, -0.2) is 40.4 Å². The Morgan fingerprint density at radius 1 is 1.00 bits per heavy atom. The summed E-state index contributed by atoms with van der Waals surface area (Å²) in [5, 5.41) is 6.75. The van der Waals surface area contributed by atoms with E-state index in [1.54, 1.807) is 28.4 Å². The number of nitrogens with one attached hydrogen (secondary N) is 2. The predicted octanol–water partition coefficient (Wildman–Crippen LogP) is 3.82. The third-order valence-electron chi connectivity index (χ3n) is 4.03. The summed E-state index contributed by atoms with van der Waals surface area (Å²) < 4.78 is 16.2. The highest BCUT2D eigenvalue weighted by atomic mass is 127. The van der Waals surface area contributed by atoms with Crippen LogP contribution in [0, 0.1) is 5.92 Å². The zero-order valence-electron chi connectivity index (χ0n) is 17.0. The first-order chi connectivity index (χ1) is 11.9. The Hall–Kier alpha value is -1.38. The molecule has 0 heterocycles. The quantitative estimate of drug-likeness (QED) is 0.320. The monoisotopic (exact) mass is 479 g/mol. The molecule has 1 rings (SSSR count). The fourth-order valence-electron chi connectivity index (χ4n) is 2.51. The third kappa shape index (κ3) is 7.88. The van der Waals surface area contributed by atoms with Gasteiger partial charge in [0.2, 0.25) is 0 Å². The van der Waals surface area contributed by atoms with Gasteiger partial charge in [0.15, 0.2) is 5.96 Å². The van der Waals surface area contributed by atoms with Crippen LogP contribution in [0.2, 0.25) is 0 Å². The topological polar surface area (TPSA) is 64.1 Å². The van der Waals surface area contributed by atoms with Crippen LogP contribution in [0.1, 0.15) is 39.2 Å². The Labute approximate surface area is 175 Å². The van der Waals surface area contributed by atoms with Gasteiger partial charge < -0.3 is 24.8 Å². The third-order valence-corrected chi connectivity index (χ3v) is 4.03. The molecule has 1 unspecified atom stereocenters. The lowest BCUT2D eigenvalue weighted by Gasteiger charge is -2.20. The van der Waals surface area contributed by atoms with Gasteiger partial charge in [0, 0.05) is 25.2 Å². The number of methoxy groups -OCH3 is 3. The smallest absolute Gasteiger partial charge is 0.191 e. The van der Waals surface area contributed by atoms with Crippen molar-refractivity contribution in [2.45, 2.75) is 46.2 Å². The molecule has 7 heteroatoms. The van der Waals surface area contributed by atoms with E-state index in [1.165, 1.54) is 6.42 Å². The van der Waals surface area contributed by atoms with E-state index >= 15 is 0 Å². The fourth-order valence-corrected chi connectivity index (χ4v) is 2.51. The van der Waals surface area contributed by atoms with Crippen LogP contribution in [0.4, 0.5) is 0 Å². The standard InChI is InChI=1S/C19H33N3O3.HI/c1-13(2)8-9-14(3)22-19(20-4)21-12-16-17(24-6)10-15(23-5)11-18(16)25-7;/h10-11,13-14H,8-9,12H2,1-7H3,(H2,20,21,22);1H. The van der Waals surface area contributed by atoms with Crippen LogP contribution in [0.25, 0.3) is 0 Å². The first-order valence-electron chi connectivity index (χ1n) is 8.71. The Bertz CT molecular complexity index is 540. The molecule has 0 aromatic heterocycles. The zero-order chi connectivity index (χ0) is 18.8. The normalized spacial score (nSPS) is 12.2. The molecule has 0 radical (unpaired) electrons. The second kappa shape index (κ2) is 12.9. The number of nitrogens with zero attached hydrogens (tertiary/aromatic N) is 1. The second-order valence-corrected chi connectivity index (χ2v) is 6.45. The summed E-state index contributed by atoms with van der Waals surface area (Å²) in [7, 11) is 6.67. The number of guanidine groups is 1. The van der Waals surface area contributed by atoms with E-state index < -0.39 is 0 Å². The van der Waals surface area contributed by atoms with Crippen molar-refractivity contribution in [1.29, 1.82) is 0 Å². The van der Waals surface area contributed by atoms with Crippen LogP contribution < -0.4 is 24.8 Å². The van der Waals surface area contributed by atoms with Gasteiger partial charge >= 0.3 is 0 Å². The average Bonchev–Trinajstić information content (AvgIpc) is 2.62. The second-order valence-electron chi connectivity index (χ2n) is 6.45. The Morgan fingerprint density at radius 2 is 1.58 bits per heavy atom. The molecular formula is C19H34IN3O3. The fraction of sp³-hybridized carbons (Fsp3) is 0.632. The van der Waals surface area contributed by atoms with Crippen LogP contribution in [-0.2, 0) is 6.54 Å². The molecule has 0 aliphatic heterocycles. The highest BCUT2D eigenvalue weighted by Crippen LogP contribution is 2.33. The number of hydrogen-bond acceptors (Lipinski definition) is 4. The van der Waals surface area contributed by atoms with Crippen LogP contribution in [0.15, 0.2) is 17.1 Å². The van der Waals surface area contributed by atoms with E-state index in [9.17, 15) is 0 Å². The molecule has 1 aromatic carbocycles. The molecule has 0 aliphatic carbocycles. The molecule has 0 spiro atoms. The molecule has 1 atom stereocenters. The van der Waals surface area contributed by atoms with E-state index in [4.69, 9.17) is 14.2 Å². The zero-order valence-corrected chi connectivity index (χ0v) is 19.3. The van der Waals surface area contributed by atoms with Crippen LogP contribution in [0.5, 0.6) is 17.2 Å². The van der Waals surface area contributed by atoms with Gasteiger partial charge in [-0.3, -0.25) is 4.99 Å². The largest absolute Gasteiger partial charge is 0.496 e. The Balaban J connectivity index is 0.00000625. The van der Waals surface area contributed by atoms with E-state index in [2.05, 4.69) is 36.4 Å². The molecule has 0 saturated heterocycles. The van der Waals surface area contributed by atoms with Gasteiger partial charge in [-0.05, 0) is 25.7 Å². The summed E-state index contributed by atoms with van der Waals surface area (Å²) in [5.74, 6) is 3.59. The Kier molecular flexibility index (Phi) is 12.2. The van der Waals surface area contributed by atoms with Crippen LogP contribution >= 0.6 is 24.0 Å². The number of benzene rings is 1. The summed E-state index contributed by atoms with van der Waals surface area (Å²) >= 11 is 0. The van der Waals surface area contributed by atoms with Gasteiger partial charge in [0.25, 0.3) is 0 Å². The lowest BCUT2D eigenvalue weighted by atomic mass is 10.0. The summed E-state index contributed by atoms with van der Waals surface area (Å²) in [6.45, 7) is 7.18. The highest BCUT2D eigenvalue weighted by Gasteiger charge is 2.14. The number of rotatable bonds is 9. The first-order valence-corrected chi connectivity index (χ1v) is 8.71. The molecule has 0 amide bonds. The maximum atomic E-state index is 5.48. The lowest BCUT2D eigenvalue weighted by molar-refractivity contribution is 0.368. The highest BCUT2D eigenvalue weighted by molar-refractivity contribution is 14.0. The van der Waals surface area contributed by atoms with E-state index in [0.29, 0.717) is 35.8 Å². The molecule has 26 heavy (non-hydrogen) atoms. The van der Waals surface area contributed by atoms with Crippen molar-refractivity contribution in [2.24, 2.45) is 10.9 Å². The van der Waals surface area contributed by atoms with Crippen molar-refractivity contribution in [3.8, 4) is 17.2 Å². The van der Waals surface area contributed by atoms with E-state index in [1.807, 2.05) is 12.1 Å². The van der Waals surface area contributed by atoms with E-state index in [0.717, 1.165) is 17.9 Å². The predicted molar refractivity (Wildman–Crippen MR) is 118 cm³/mol. The molecule has 0 aliphatic rings. The minimum Gasteiger partial charge on any atom is -0.496 e. The number of aliphatic imine (C=N–C) groups is 1. The number of hydrogen-bond donors (Lipinski definition) is 2. The van der Waals surface area contributed by atoms with Crippen molar-refractivity contribution >= 4 is 29.9 Å².